The van der Waals surface area contributed by atoms with Crippen LogP contribution in [0.25, 0.3) is 0 Å². The van der Waals surface area contributed by atoms with E-state index in [0.29, 0.717) is 26.3 Å². The maximum absolute atomic E-state index is 6.07. The van der Waals surface area contributed by atoms with Crippen LogP contribution < -0.4 is 50.6 Å². The van der Waals surface area contributed by atoms with Crippen LogP contribution in [0.15, 0.2) is 48.5 Å². The number of hydrogen-bond acceptors (Lipinski definition) is 15. The largest absolute Gasteiger partial charge is 0.493 e. The van der Waals surface area contributed by atoms with Gasteiger partial charge in [0.15, 0.2) is 0 Å². The van der Waals surface area contributed by atoms with Crippen LogP contribution >= 0.6 is 0 Å². The summed E-state index contributed by atoms with van der Waals surface area (Å²) < 4.78 is 40.2. The molecule has 2 heterocycles. The molecule has 0 radical (unpaired) electrons. The number of unbranched alkanes of at least 4 members (excludes halogenated alkanes) is 12. The predicted octanol–water partition coefficient (Wildman–Crippen LogP) is 6.25. The minimum Gasteiger partial charge on any atom is -0.457 e. The van der Waals surface area contributed by atoms with E-state index in [4.69, 9.17) is 77.2 Å². The summed E-state index contributed by atoms with van der Waals surface area (Å²) in [6, 6.07) is 14.5. The number of benzene rings is 2. The van der Waals surface area contributed by atoms with Crippen LogP contribution in [0.4, 0.5) is 11.4 Å². The van der Waals surface area contributed by atoms with Crippen molar-refractivity contribution >= 4 is 37.1 Å². The standard InChI is InChI=1S/C12H22N2O4Si3.C12H28N2O2.C12H12N2O.C12H28N2/c1-19(15-7-3-5-13)9-11-21(17-19)12-10-20(2,18-21)16-8-4-6-14;13-7-1-3-9-15-11-5-6-12-16-10-4-2-8-14;13-9-1-5-11(6-2-9)15-12-7-3-10(14)4-8-12;13-11-9-7-5-3-1-2-4-6-8-10-12-14/h3-8,13-14H2,1-2H3;1-14H2;1-8H,13-14H2;1-14H2. The zero-order valence-electron chi connectivity index (χ0n) is 40.8. The summed E-state index contributed by atoms with van der Waals surface area (Å²) in [6.45, 7) is 12.8. The maximum atomic E-state index is 6.07. The Labute approximate surface area is 402 Å². The Bertz CT molecular complexity index is 1470. The lowest BCUT2D eigenvalue weighted by molar-refractivity contribution is 0.0999. The molecule has 0 bridgehead atoms. The first-order valence-electron chi connectivity index (χ1n) is 24.5. The second kappa shape index (κ2) is 40.1. The van der Waals surface area contributed by atoms with E-state index in [1.54, 1.807) is 24.3 Å². The summed E-state index contributed by atoms with van der Waals surface area (Å²) in [7, 11) is -7.77. The van der Waals surface area contributed by atoms with Gasteiger partial charge in [0.2, 0.25) is 0 Å². The molecule has 0 saturated carbocycles. The van der Waals surface area contributed by atoms with Gasteiger partial charge in [0.05, 0.1) is 0 Å². The molecule has 0 aliphatic carbocycles. The summed E-state index contributed by atoms with van der Waals surface area (Å²) in [6.07, 6.45) is 21.5. The summed E-state index contributed by atoms with van der Waals surface area (Å²) in [5, 5.41) is 0. The Kier molecular flexibility index (Phi) is 37.1. The topological polar surface area (TPSA) is 273 Å². The lowest BCUT2D eigenvalue weighted by atomic mass is 10.1. The molecule has 15 nitrogen and oxygen atoms in total. The van der Waals surface area contributed by atoms with Crippen molar-refractivity contribution in [3.05, 3.63) is 48.5 Å². The van der Waals surface area contributed by atoms with E-state index in [0.717, 1.165) is 127 Å². The van der Waals surface area contributed by atoms with Gasteiger partial charge in [-0.05, 0) is 165 Å². The fourth-order valence-corrected chi connectivity index (χ4v) is 17.2. The lowest BCUT2D eigenvalue weighted by Crippen LogP contribution is -2.51. The van der Waals surface area contributed by atoms with Crippen LogP contribution in [0.5, 0.6) is 11.5 Å². The highest BCUT2D eigenvalue weighted by Crippen LogP contribution is 2.28. The van der Waals surface area contributed by atoms with Crippen molar-refractivity contribution < 1.29 is 31.3 Å². The molecule has 2 atom stereocenters. The van der Waals surface area contributed by atoms with Gasteiger partial charge in [-0.25, -0.2) is 0 Å². The Hall–Kier alpha value is -2.87. The van der Waals surface area contributed by atoms with Crippen molar-refractivity contribution in [1.82, 2.24) is 0 Å². The van der Waals surface area contributed by atoms with Crippen molar-refractivity contribution in [3.63, 3.8) is 0 Å². The first-order chi connectivity index (χ1) is 32.0. The molecule has 1 spiro atoms. The van der Waals surface area contributed by atoms with E-state index >= 15 is 0 Å². The molecular weight excluding hydrogens is 885 g/mol. The number of nitrogens with two attached hydrogens (primary N) is 8. The van der Waals surface area contributed by atoms with Crippen molar-refractivity contribution in [1.29, 1.82) is 0 Å². The third-order valence-electron chi connectivity index (χ3n) is 10.0. The van der Waals surface area contributed by atoms with Gasteiger partial charge in [0.25, 0.3) is 0 Å². The number of hydrogen-bond donors (Lipinski definition) is 8. The molecule has 376 valence electrons. The van der Waals surface area contributed by atoms with Gasteiger partial charge in [-0.1, -0.05) is 73.5 Å². The molecule has 4 rings (SSSR count). The highest BCUT2D eigenvalue weighted by Gasteiger charge is 2.57. The molecule has 0 saturated heterocycles. The maximum Gasteiger partial charge on any atom is 0.493 e. The van der Waals surface area contributed by atoms with E-state index in [1.807, 2.05) is 37.4 Å². The fraction of sp³-hybridized carbons (Fsp3) is 0.667. The molecule has 2 aliphatic heterocycles. The Morgan fingerprint density at radius 2 is 0.667 bits per heavy atom. The second-order valence-corrected chi connectivity index (χ2v) is 24.7. The molecule has 0 amide bonds. The summed E-state index contributed by atoms with van der Waals surface area (Å²) in [5.41, 5.74) is 57.6. The highest BCUT2D eigenvalue weighted by atomic mass is 28.5. The monoisotopic (exact) mass is 975 g/mol. The normalized spacial score (nSPS) is 18.7. The van der Waals surface area contributed by atoms with Crippen LogP contribution in [-0.2, 0) is 26.6 Å². The van der Waals surface area contributed by atoms with Gasteiger partial charge < -0.3 is 77.2 Å². The number of rotatable bonds is 34. The molecule has 2 unspecified atom stereocenters. The zero-order chi connectivity index (χ0) is 48.5. The first-order valence-corrected chi connectivity index (χ1v) is 31.0. The minimum absolute atomic E-state index is 0.563. The average Bonchev–Trinajstić information content (AvgIpc) is 3.82. The molecule has 66 heavy (non-hydrogen) atoms. The van der Waals surface area contributed by atoms with Crippen LogP contribution in [-0.4, -0.2) is 105 Å². The number of ether oxygens (including phenoxy) is 3. The van der Waals surface area contributed by atoms with E-state index in [-0.39, 0.29) is 0 Å². The van der Waals surface area contributed by atoms with Gasteiger partial charge in [-0.15, -0.1) is 0 Å². The average molecular weight is 976 g/mol. The van der Waals surface area contributed by atoms with Gasteiger partial charge in [-0.2, -0.15) is 0 Å². The molecule has 2 aliphatic rings. The number of nitrogen functional groups attached to an aromatic ring is 2. The van der Waals surface area contributed by atoms with Crippen LogP contribution in [0, 0.1) is 22.2 Å². The van der Waals surface area contributed by atoms with Crippen LogP contribution in [0.2, 0.25) is 13.1 Å². The van der Waals surface area contributed by atoms with Crippen molar-refractivity contribution in [2.24, 2.45) is 34.4 Å². The molecule has 18 heteroatoms. The first kappa shape index (κ1) is 61.1. The summed E-state index contributed by atoms with van der Waals surface area (Å²) >= 11 is 0. The minimum atomic E-state index is -2.77. The summed E-state index contributed by atoms with van der Waals surface area (Å²) in [5.74, 6) is 1.52. The highest BCUT2D eigenvalue weighted by molar-refractivity contribution is 7.04. The Morgan fingerprint density at radius 3 is 0.985 bits per heavy atom. The van der Waals surface area contributed by atoms with Crippen molar-refractivity contribution in [3.8, 4) is 33.7 Å². The fourth-order valence-electron chi connectivity index (χ4n) is 6.20. The van der Waals surface area contributed by atoms with Crippen molar-refractivity contribution in [2.75, 3.05) is 90.4 Å². The third-order valence-corrected chi connectivity index (χ3v) is 19.5. The quantitative estimate of drug-likeness (QED) is 0.0167. The lowest BCUT2D eigenvalue weighted by Gasteiger charge is -2.27. The van der Waals surface area contributed by atoms with Crippen molar-refractivity contribution in [2.45, 2.75) is 129 Å². The van der Waals surface area contributed by atoms with E-state index in [2.05, 4.69) is 22.2 Å². The molecule has 2 aromatic rings. The van der Waals surface area contributed by atoms with E-state index in [1.165, 1.54) is 64.2 Å². The van der Waals surface area contributed by atoms with E-state index < -0.39 is 25.7 Å². The Morgan fingerprint density at radius 1 is 0.379 bits per heavy atom. The van der Waals surface area contributed by atoms with Crippen LogP contribution in [0.1, 0.15) is 116 Å². The molecule has 0 aromatic heterocycles. The van der Waals surface area contributed by atoms with Gasteiger partial charge in [0.1, 0.15) is 11.5 Å². The van der Waals surface area contributed by atoms with Gasteiger partial charge >= 0.3 is 25.7 Å². The SMILES string of the molecule is C[Si]1(OCCCN)C#C[Si]2(C#C[Si](C)(OCCCN)O2)O1.NCCCCCCCCCCCCN.NCCCCOCCCCOCCCCN.Nc1ccc(Oc2ccc(N)cc2)cc1. The smallest absolute Gasteiger partial charge is 0.457 e. The van der Waals surface area contributed by atoms with Gasteiger partial charge in [-0.3, -0.25) is 0 Å². The third kappa shape index (κ3) is 32.0. The summed E-state index contributed by atoms with van der Waals surface area (Å²) in [4.78, 5) is 0. The van der Waals surface area contributed by atoms with Crippen LogP contribution in [0.3, 0.4) is 0 Å². The molecular formula is C48H90N8O7Si3. The zero-order valence-corrected chi connectivity index (χ0v) is 43.8. The molecule has 16 N–H and O–H groups in total. The molecule has 2 aromatic carbocycles. The number of anilines is 2. The molecule has 0 fully saturated rings. The van der Waals surface area contributed by atoms with E-state index in [9.17, 15) is 0 Å². The van der Waals surface area contributed by atoms with Gasteiger partial charge in [0, 0.05) is 51.0 Å². The second-order valence-electron chi connectivity index (χ2n) is 16.5. The Balaban J connectivity index is 0.000000446. The predicted molar refractivity (Wildman–Crippen MR) is 279 cm³/mol.